The van der Waals surface area contributed by atoms with Crippen molar-refractivity contribution >= 4 is 20.2 Å². The summed E-state index contributed by atoms with van der Waals surface area (Å²) >= 11 is 0. The van der Waals surface area contributed by atoms with Crippen LogP contribution in [0.1, 0.15) is 103 Å². The molecule has 0 amide bonds. The van der Waals surface area contributed by atoms with Crippen LogP contribution in [-0.2, 0) is 37.3 Å². The van der Waals surface area contributed by atoms with Crippen molar-refractivity contribution in [2.75, 3.05) is 0 Å². The Hall–Kier alpha value is -0.581. The molecule has 5 aliphatic rings. The van der Waals surface area contributed by atoms with Crippen LogP contribution >= 0.6 is 0 Å². The molecule has 0 spiro atoms. The van der Waals surface area contributed by atoms with Gasteiger partial charge in [-0.2, -0.15) is 37.3 Å². The van der Waals surface area contributed by atoms with Crippen LogP contribution in [0.3, 0.4) is 0 Å². The van der Waals surface area contributed by atoms with Crippen LogP contribution < -0.4 is 5.32 Å². The second kappa shape index (κ2) is 15.8. The molecule has 12 unspecified atom stereocenters. The molecule has 5 rings (SSSR count). The molecule has 5 fully saturated rings. The van der Waals surface area contributed by atoms with Crippen molar-refractivity contribution in [1.29, 1.82) is 0 Å². The molecule has 0 aliphatic heterocycles. The fraction of sp³-hybridized carbons (Fsp3) is 1.00. The van der Waals surface area contributed by atoms with Crippen molar-refractivity contribution in [3.63, 3.8) is 0 Å². The van der Waals surface area contributed by atoms with Gasteiger partial charge in [0.1, 0.15) is 11.3 Å². The smallest absolute Gasteiger partial charge is 0.270 e. The van der Waals surface area contributed by atoms with Crippen molar-refractivity contribution in [3.8, 4) is 0 Å². The van der Waals surface area contributed by atoms with Crippen LogP contribution in [0.2, 0.25) is 0 Å². The zero-order chi connectivity index (χ0) is 31.6. The molecule has 16 heteroatoms. The third kappa shape index (κ3) is 9.53. The molecule has 0 heterocycles. The van der Waals surface area contributed by atoms with Crippen LogP contribution in [0.15, 0.2) is 20.5 Å². The largest absolute Gasteiger partial charge is 0.391 e. The molecule has 5 N–H and O–H groups in total. The number of aliphatic hydroxyl groups is 2. The SMILES string of the molecule is CC1CC(N=NC2C(O)C3CCC(NC4CCCCC4)CC3CC2S(=O)(=O)O)C(O)CC1N=NC1CCCC(S(=O)(=O)O)C1.[Cu]. The molecule has 0 aromatic heterocycles. The summed E-state index contributed by atoms with van der Waals surface area (Å²) in [6.45, 7) is 1.96. The van der Waals surface area contributed by atoms with Crippen molar-refractivity contribution < 1.29 is 53.2 Å². The molecule has 263 valence electrons. The molecule has 0 aromatic rings. The van der Waals surface area contributed by atoms with Gasteiger partial charge in [-0.25, -0.2) is 0 Å². The topological polar surface area (TPSA) is 211 Å². The van der Waals surface area contributed by atoms with E-state index >= 15 is 0 Å². The normalized spacial score (nSPS) is 42.3. The molecule has 13 nitrogen and oxygen atoms in total. The van der Waals surface area contributed by atoms with Crippen LogP contribution in [-0.4, -0.2) is 95.1 Å². The average Bonchev–Trinajstić information content (AvgIpc) is 2.97. The Kier molecular flexibility index (Phi) is 13.0. The number of azo groups is 2. The molecule has 5 aliphatic carbocycles. The van der Waals surface area contributed by atoms with Crippen molar-refractivity contribution in [2.24, 2.45) is 38.2 Å². The molecular weight excluding hydrogens is 674 g/mol. The van der Waals surface area contributed by atoms with Gasteiger partial charge in [-0.1, -0.05) is 26.2 Å². The van der Waals surface area contributed by atoms with Crippen molar-refractivity contribution in [1.82, 2.24) is 5.32 Å². The number of hydrogen-bond donors (Lipinski definition) is 5. The first-order chi connectivity index (χ1) is 20.8. The number of aliphatic hydroxyl groups excluding tert-OH is 2. The number of fused-ring (bicyclic) bond motifs is 1. The predicted octanol–water partition coefficient (Wildman–Crippen LogP) is 3.71. The first kappa shape index (κ1) is 37.2. The van der Waals surface area contributed by atoms with Gasteiger partial charge in [-0.05, 0) is 94.8 Å². The van der Waals surface area contributed by atoms with E-state index < -0.39 is 55.0 Å². The van der Waals surface area contributed by atoms with E-state index in [1.54, 1.807) is 0 Å². The fourth-order valence-electron chi connectivity index (χ4n) is 8.57. The number of nitrogens with one attached hydrogen (secondary N) is 1. The standard InChI is InChI=1S/C29H51N5O8S2.Cu/c1-17-12-25(26(35)16-24(17)32-31-21-8-5-9-22(15-21)43(37,38)39)33-34-28-27(44(40,41)42)14-18-13-20(10-11-23(18)29(28)36)30-19-6-3-2-4-7-19;/h17-30,35-36H,2-16H2,1H3,(H,37,38,39)(H,40,41,42);. The van der Waals surface area contributed by atoms with E-state index in [9.17, 15) is 36.2 Å². The number of hydrogen-bond acceptors (Lipinski definition) is 11. The van der Waals surface area contributed by atoms with Gasteiger partial charge in [0.25, 0.3) is 20.2 Å². The van der Waals surface area contributed by atoms with E-state index in [1.165, 1.54) is 19.3 Å². The van der Waals surface area contributed by atoms with Crippen LogP contribution in [0, 0.1) is 17.8 Å². The Balaban J connectivity index is 0.00000461. The van der Waals surface area contributed by atoms with E-state index in [0.717, 1.165) is 32.1 Å². The van der Waals surface area contributed by atoms with Gasteiger partial charge in [-0.3, -0.25) is 9.11 Å². The zero-order valence-corrected chi connectivity index (χ0v) is 28.5. The Labute approximate surface area is 278 Å². The first-order valence-electron chi connectivity index (χ1n) is 16.6. The van der Waals surface area contributed by atoms with E-state index in [1.807, 2.05) is 6.92 Å². The number of nitrogens with zero attached hydrogens (tertiary/aromatic N) is 4. The molecule has 0 bridgehead atoms. The summed E-state index contributed by atoms with van der Waals surface area (Å²) in [6.07, 6.45) is 9.38. The molecular formula is C29H51CuN5O8S2. The summed E-state index contributed by atoms with van der Waals surface area (Å²) in [5, 5.41) is 41.5. The fourth-order valence-corrected chi connectivity index (χ4v) is 10.6. The number of rotatable bonds is 8. The Morgan fingerprint density at radius 2 is 1.38 bits per heavy atom. The van der Waals surface area contributed by atoms with Gasteiger partial charge in [-0.15, -0.1) is 0 Å². The van der Waals surface area contributed by atoms with Crippen LogP contribution in [0.5, 0.6) is 0 Å². The molecule has 45 heavy (non-hydrogen) atoms. The minimum Gasteiger partial charge on any atom is -0.391 e. The second-order valence-electron chi connectivity index (χ2n) is 14.3. The minimum absolute atomic E-state index is 0. The van der Waals surface area contributed by atoms with Gasteiger partial charge in [0.15, 0.2) is 0 Å². The minimum atomic E-state index is -4.50. The molecule has 0 saturated heterocycles. The average molecular weight is 725 g/mol. The third-order valence-electron chi connectivity index (χ3n) is 11.1. The second-order valence-corrected chi connectivity index (χ2v) is 17.6. The maximum absolute atomic E-state index is 12.5. The van der Waals surface area contributed by atoms with E-state index in [0.29, 0.717) is 31.7 Å². The van der Waals surface area contributed by atoms with Crippen molar-refractivity contribution in [3.05, 3.63) is 0 Å². The van der Waals surface area contributed by atoms with E-state index in [4.69, 9.17) is 0 Å². The zero-order valence-electron chi connectivity index (χ0n) is 25.9. The summed E-state index contributed by atoms with van der Waals surface area (Å²) in [4.78, 5) is 0. The Morgan fingerprint density at radius 3 is 2.07 bits per heavy atom. The molecule has 12 atom stereocenters. The maximum atomic E-state index is 12.5. The van der Waals surface area contributed by atoms with Gasteiger partial charge in [0, 0.05) is 29.2 Å². The van der Waals surface area contributed by atoms with Crippen LogP contribution in [0.25, 0.3) is 0 Å². The monoisotopic (exact) mass is 724 g/mol. The van der Waals surface area contributed by atoms with Gasteiger partial charge in [0.05, 0.1) is 35.6 Å². The third-order valence-corrected chi connectivity index (χ3v) is 13.7. The summed E-state index contributed by atoms with van der Waals surface area (Å²) in [7, 11) is -8.61. The van der Waals surface area contributed by atoms with E-state index in [2.05, 4.69) is 25.8 Å². The maximum Gasteiger partial charge on any atom is 0.270 e. The van der Waals surface area contributed by atoms with Gasteiger partial charge in [0.2, 0.25) is 0 Å². The summed E-state index contributed by atoms with van der Waals surface area (Å²) < 4.78 is 67.7. The molecule has 5 saturated carbocycles. The summed E-state index contributed by atoms with van der Waals surface area (Å²) in [5.74, 6) is -0.194. The van der Waals surface area contributed by atoms with Crippen LogP contribution in [0.4, 0.5) is 0 Å². The summed E-state index contributed by atoms with van der Waals surface area (Å²) in [5.41, 5.74) is 0. The quantitative estimate of drug-likeness (QED) is 0.140. The molecule has 1 radical (unpaired) electrons. The summed E-state index contributed by atoms with van der Waals surface area (Å²) in [6, 6.07) is -1.55. The Morgan fingerprint density at radius 1 is 0.667 bits per heavy atom. The first-order valence-corrected chi connectivity index (χ1v) is 19.6. The van der Waals surface area contributed by atoms with E-state index in [-0.39, 0.29) is 72.2 Å². The Bertz CT molecular complexity index is 1250. The van der Waals surface area contributed by atoms with Gasteiger partial charge < -0.3 is 15.5 Å². The van der Waals surface area contributed by atoms with Gasteiger partial charge >= 0.3 is 0 Å². The molecule has 0 aromatic carbocycles. The van der Waals surface area contributed by atoms with Crippen molar-refractivity contribution in [2.45, 2.75) is 162 Å². The predicted molar refractivity (Wildman–Crippen MR) is 164 cm³/mol.